The molecule has 1 aromatic rings. The van der Waals surface area contributed by atoms with Crippen LogP contribution in [0.1, 0.15) is 45.6 Å². The van der Waals surface area contributed by atoms with Crippen LogP contribution in [0.2, 0.25) is 5.02 Å². The first-order valence-electron chi connectivity index (χ1n) is 7.49. The first-order chi connectivity index (χ1) is 9.33. The summed E-state index contributed by atoms with van der Waals surface area (Å²) < 4.78 is 14.1. The number of aliphatic hydroxyl groups is 1. The van der Waals surface area contributed by atoms with E-state index in [1.807, 2.05) is 0 Å². The second kappa shape index (κ2) is 6.03. The average molecular weight is 299 g/mol. The first kappa shape index (κ1) is 15.8. The monoisotopic (exact) mass is 298 g/mol. The molecule has 0 amide bonds. The summed E-state index contributed by atoms with van der Waals surface area (Å²) in [6, 6.07) is 5.03. The third-order valence-corrected chi connectivity index (χ3v) is 4.99. The highest BCUT2D eigenvalue weighted by molar-refractivity contribution is 6.30. The molecule has 0 aromatic heterocycles. The Labute approximate surface area is 126 Å². The highest BCUT2D eigenvalue weighted by Crippen LogP contribution is 2.43. The summed E-state index contributed by atoms with van der Waals surface area (Å²) in [5.74, 6) is 0.715. The summed E-state index contributed by atoms with van der Waals surface area (Å²) >= 11 is 5.85. The molecule has 20 heavy (non-hydrogen) atoms. The molecule has 2 rings (SSSR count). The lowest BCUT2D eigenvalue weighted by Crippen LogP contribution is -2.47. The lowest BCUT2D eigenvalue weighted by atomic mass is 9.65. The summed E-state index contributed by atoms with van der Waals surface area (Å²) in [7, 11) is 0. The number of benzene rings is 1. The second-order valence-electron chi connectivity index (χ2n) is 6.73. The maximum absolute atomic E-state index is 14.1. The molecule has 0 saturated heterocycles. The van der Waals surface area contributed by atoms with Gasteiger partial charge in [0.2, 0.25) is 0 Å². The van der Waals surface area contributed by atoms with Crippen LogP contribution in [0.15, 0.2) is 18.2 Å². The number of hydrogen-bond acceptors (Lipinski definition) is 1. The van der Waals surface area contributed by atoms with Crippen molar-refractivity contribution in [3.63, 3.8) is 0 Å². The van der Waals surface area contributed by atoms with Crippen molar-refractivity contribution in [2.45, 2.75) is 52.1 Å². The van der Waals surface area contributed by atoms with E-state index in [9.17, 15) is 9.50 Å². The average Bonchev–Trinajstić information content (AvgIpc) is 2.34. The van der Waals surface area contributed by atoms with E-state index < -0.39 is 5.60 Å². The fourth-order valence-electron chi connectivity index (χ4n) is 3.76. The largest absolute Gasteiger partial charge is 0.389 e. The van der Waals surface area contributed by atoms with Gasteiger partial charge in [-0.1, -0.05) is 50.9 Å². The van der Waals surface area contributed by atoms with Crippen LogP contribution in [0.3, 0.4) is 0 Å². The molecule has 3 heteroatoms. The predicted molar refractivity (Wildman–Crippen MR) is 81.4 cm³/mol. The van der Waals surface area contributed by atoms with E-state index in [1.54, 1.807) is 18.2 Å². The molecule has 1 saturated carbocycles. The molecule has 1 N–H and O–H groups in total. The Bertz CT molecular complexity index is 474. The molecule has 3 atom stereocenters. The van der Waals surface area contributed by atoms with Crippen LogP contribution in [0.25, 0.3) is 0 Å². The Morgan fingerprint density at radius 3 is 2.75 bits per heavy atom. The van der Waals surface area contributed by atoms with E-state index >= 15 is 0 Å². The van der Waals surface area contributed by atoms with E-state index in [1.165, 1.54) is 0 Å². The van der Waals surface area contributed by atoms with Crippen molar-refractivity contribution in [1.29, 1.82) is 0 Å². The smallest absolute Gasteiger partial charge is 0.145 e. The van der Waals surface area contributed by atoms with Gasteiger partial charge in [-0.3, -0.25) is 0 Å². The van der Waals surface area contributed by atoms with Crippen LogP contribution in [0.5, 0.6) is 0 Å². The van der Waals surface area contributed by atoms with E-state index in [0.29, 0.717) is 23.8 Å². The SMILES string of the molecule is CC1CCC(C(C)C)C(O)(Cc2cccc(Cl)c2F)C1. The lowest BCUT2D eigenvalue weighted by molar-refractivity contribution is -0.0799. The Morgan fingerprint density at radius 2 is 2.10 bits per heavy atom. The molecule has 3 unspecified atom stereocenters. The third kappa shape index (κ3) is 3.17. The van der Waals surface area contributed by atoms with Gasteiger partial charge in [0, 0.05) is 6.42 Å². The second-order valence-corrected chi connectivity index (χ2v) is 7.14. The van der Waals surface area contributed by atoms with Crippen molar-refractivity contribution in [2.75, 3.05) is 0 Å². The third-order valence-electron chi connectivity index (χ3n) is 4.70. The first-order valence-corrected chi connectivity index (χ1v) is 7.86. The maximum Gasteiger partial charge on any atom is 0.145 e. The van der Waals surface area contributed by atoms with Crippen LogP contribution < -0.4 is 0 Å². The minimum absolute atomic E-state index is 0.135. The van der Waals surface area contributed by atoms with Gasteiger partial charge in [0.05, 0.1) is 10.6 Å². The highest BCUT2D eigenvalue weighted by atomic mass is 35.5. The van der Waals surface area contributed by atoms with Crippen molar-refractivity contribution in [1.82, 2.24) is 0 Å². The number of rotatable bonds is 3. The van der Waals surface area contributed by atoms with Gasteiger partial charge in [-0.2, -0.15) is 0 Å². The minimum atomic E-state index is -0.822. The Balaban J connectivity index is 2.29. The van der Waals surface area contributed by atoms with Gasteiger partial charge < -0.3 is 5.11 Å². The van der Waals surface area contributed by atoms with Crippen LogP contribution in [-0.4, -0.2) is 10.7 Å². The van der Waals surface area contributed by atoms with E-state index in [2.05, 4.69) is 20.8 Å². The summed E-state index contributed by atoms with van der Waals surface area (Å²) in [5.41, 5.74) is -0.295. The summed E-state index contributed by atoms with van der Waals surface area (Å²) in [4.78, 5) is 0. The van der Waals surface area contributed by atoms with Gasteiger partial charge in [0.1, 0.15) is 5.82 Å². The molecule has 0 bridgehead atoms. The summed E-state index contributed by atoms with van der Waals surface area (Å²) in [5, 5.41) is 11.3. The van der Waals surface area contributed by atoms with Gasteiger partial charge in [-0.25, -0.2) is 4.39 Å². The van der Waals surface area contributed by atoms with Crippen LogP contribution >= 0.6 is 11.6 Å². The van der Waals surface area contributed by atoms with Gasteiger partial charge in [-0.15, -0.1) is 0 Å². The Morgan fingerprint density at radius 1 is 1.40 bits per heavy atom. The normalized spacial score (nSPS) is 30.8. The maximum atomic E-state index is 14.1. The Kier molecular flexibility index (Phi) is 4.76. The van der Waals surface area contributed by atoms with Crippen LogP contribution in [0.4, 0.5) is 4.39 Å². The molecular weight excluding hydrogens is 275 g/mol. The van der Waals surface area contributed by atoms with E-state index in [4.69, 9.17) is 11.6 Å². The molecule has 0 spiro atoms. The molecule has 112 valence electrons. The molecule has 1 fully saturated rings. The molecule has 1 aliphatic rings. The van der Waals surface area contributed by atoms with Crippen molar-refractivity contribution in [2.24, 2.45) is 17.8 Å². The zero-order valence-corrected chi connectivity index (χ0v) is 13.3. The summed E-state index contributed by atoms with van der Waals surface area (Å²) in [6.45, 7) is 6.44. The van der Waals surface area contributed by atoms with Crippen LogP contribution in [0, 0.1) is 23.6 Å². The van der Waals surface area contributed by atoms with Gasteiger partial charge in [0.15, 0.2) is 0 Å². The number of halogens is 2. The van der Waals surface area contributed by atoms with Gasteiger partial charge >= 0.3 is 0 Å². The molecule has 0 aliphatic heterocycles. The standard InChI is InChI=1S/C17H24ClFO/c1-11(2)14-8-7-12(3)9-17(14,20)10-13-5-4-6-15(18)16(13)19/h4-6,11-12,14,20H,7-10H2,1-3H3. The zero-order chi connectivity index (χ0) is 14.9. The molecular formula is C17H24ClFO. The molecule has 0 radical (unpaired) electrons. The van der Waals surface area contributed by atoms with Crippen molar-refractivity contribution < 1.29 is 9.50 Å². The quantitative estimate of drug-likeness (QED) is 0.846. The number of hydrogen-bond donors (Lipinski definition) is 1. The molecule has 0 heterocycles. The zero-order valence-electron chi connectivity index (χ0n) is 12.5. The molecule has 1 nitrogen and oxygen atoms in total. The van der Waals surface area contributed by atoms with Crippen LogP contribution in [-0.2, 0) is 6.42 Å². The topological polar surface area (TPSA) is 20.2 Å². The van der Waals surface area contributed by atoms with Crippen molar-refractivity contribution in [3.8, 4) is 0 Å². The minimum Gasteiger partial charge on any atom is -0.389 e. The van der Waals surface area contributed by atoms with E-state index in [-0.39, 0.29) is 16.8 Å². The van der Waals surface area contributed by atoms with Crippen molar-refractivity contribution >= 4 is 11.6 Å². The van der Waals surface area contributed by atoms with E-state index in [0.717, 1.165) is 19.3 Å². The molecule has 1 aromatic carbocycles. The highest BCUT2D eigenvalue weighted by Gasteiger charge is 2.43. The predicted octanol–water partition coefficient (Wildman–Crippen LogP) is 4.84. The van der Waals surface area contributed by atoms with Gasteiger partial charge in [-0.05, 0) is 42.2 Å². The van der Waals surface area contributed by atoms with Crippen molar-refractivity contribution in [3.05, 3.63) is 34.6 Å². The summed E-state index contributed by atoms with van der Waals surface area (Å²) in [6.07, 6.45) is 3.25. The fraction of sp³-hybridized carbons (Fsp3) is 0.647. The molecule has 1 aliphatic carbocycles. The Hall–Kier alpha value is -0.600. The fourth-order valence-corrected chi connectivity index (χ4v) is 3.96. The lowest BCUT2D eigenvalue weighted by Gasteiger charge is -2.45. The van der Waals surface area contributed by atoms with Gasteiger partial charge in [0.25, 0.3) is 0 Å².